The summed E-state index contributed by atoms with van der Waals surface area (Å²) in [4.78, 5) is 4.49. The number of hydrogen-bond acceptors (Lipinski definition) is 2. The smallest absolute Gasteiger partial charge is 0.0644 e. The van der Waals surface area contributed by atoms with E-state index in [4.69, 9.17) is 34.8 Å². The predicted molar refractivity (Wildman–Crippen MR) is 124 cm³/mol. The van der Waals surface area contributed by atoms with E-state index in [1.165, 1.54) is 0 Å². The van der Waals surface area contributed by atoms with Crippen molar-refractivity contribution in [2.24, 2.45) is 4.99 Å². The van der Waals surface area contributed by atoms with Gasteiger partial charge in [0.2, 0.25) is 0 Å². The van der Waals surface area contributed by atoms with Crippen molar-refractivity contribution in [3.63, 3.8) is 0 Å². The van der Waals surface area contributed by atoms with Gasteiger partial charge in [-0.15, -0.1) is 0 Å². The van der Waals surface area contributed by atoms with Crippen LogP contribution in [0.5, 0.6) is 0 Å². The SMILES string of the molecule is Cc1ccc(N=CC=C(Nc2ccc(C)c(Cl)c2)c2ccc(Cl)cc2)cc1Cl. The molecule has 0 saturated heterocycles. The minimum absolute atomic E-state index is 0.685. The van der Waals surface area contributed by atoms with E-state index in [-0.39, 0.29) is 0 Å². The van der Waals surface area contributed by atoms with Crippen LogP contribution in [0.4, 0.5) is 11.4 Å². The molecule has 0 fully saturated rings. The van der Waals surface area contributed by atoms with Crippen LogP contribution in [0.2, 0.25) is 15.1 Å². The number of halogens is 3. The van der Waals surface area contributed by atoms with Crippen molar-refractivity contribution in [2.45, 2.75) is 13.8 Å². The van der Waals surface area contributed by atoms with Gasteiger partial charge in [0.25, 0.3) is 0 Å². The van der Waals surface area contributed by atoms with Gasteiger partial charge in [0, 0.05) is 32.7 Å². The van der Waals surface area contributed by atoms with Gasteiger partial charge in [0.1, 0.15) is 0 Å². The summed E-state index contributed by atoms with van der Waals surface area (Å²) in [5.41, 5.74) is 5.59. The van der Waals surface area contributed by atoms with E-state index in [0.717, 1.165) is 33.8 Å². The number of nitrogens with zero attached hydrogens (tertiary/aromatic N) is 1. The number of allylic oxidation sites excluding steroid dienone is 1. The first-order chi connectivity index (χ1) is 13.4. The van der Waals surface area contributed by atoms with Gasteiger partial charge in [-0.2, -0.15) is 0 Å². The van der Waals surface area contributed by atoms with Gasteiger partial charge in [-0.05, 0) is 73.0 Å². The van der Waals surface area contributed by atoms with Crippen LogP contribution in [0.25, 0.3) is 5.70 Å². The maximum atomic E-state index is 6.26. The molecule has 0 saturated carbocycles. The lowest BCUT2D eigenvalue weighted by molar-refractivity contribution is 1.44. The molecule has 0 aliphatic carbocycles. The fraction of sp³-hybridized carbons (Fsp3) is 0.0870. The van der Waals surface area contributed by atoms with E-state index < -0.39 is 0 Å². The van der Waals surface area contributed by atoms with Crippen molar-refractivity contribution in [1.29, 1.82) is 0 Å². The van der Waals surface area contributed by atoms with Crippen LogP contribution >= 0.6 is 34.8 Å². The molecular weight excluding hydrogens is 411 g/mol. The van der Waals surface area contributed by atoms with Crippen LogP contribution in [0.3, 0.4) is 0 Å². The van der Waals surface area contributed by atoms with Crippen molar-refractivity contribution in [3.05, 3.63) is 98.5 Å². The summed E-state index contributed by atoms with van der Waals surface area (Å²) in [7, 11) is 0. The van der Waals surface area contributed by atoms with Crippen molar-refractivity contribution in [3.8, 4) is 0 Å². The molecule has 3 aromatic carbocycles. The monoisotopic (exact) mass is 428 g/mol. The van der Waals surface area contributed by atoms with Crippen LogP contribution in [-0.2, 0) is 0 Å². The molecule has 0 radical (unpaired) electrons. The fourth-order valence-corrected chi connectivity index (χ4v) is 3.01. The Morgan fingerprint density at radius 1 is 0.821 bits per heavy atom. The third kappa shape index (κ3) is 5.39. The first kappa shape index (κ1) is 20.5. The predicted octanol–water partition coefficient (Wildman–Crippen LogP) is 8.12. The summed E-state index contributed by atoms with van der Waals surface area (Å²) in [5, 5.41) is 5.50. The Hall–Kier alpha value is -2.26. The second-order valence-electron chi connectivity index (χ2n) is 6.39. The summed E-state index contributed by atoms with van der Waals surface area (Å²) in [6.07, 6.45) is 3.65. The molecule has 142 valence electrons. The average molecular weight is 430 g/mol. The maximum Gasteiger partial charge on any atom is 0.0644 e. The Morgan fingerprint density at radius 2 is 1.46 bits per heavy atom. The van der Waals surface area contributed by atoms with E-state index in [9.17, 15) is 0 Å². The third-order valence-electron chi connectivity index (χ3n) is 4.23. The first-order valence-electron chi connectivity index (χ1n) is 8.72. The van der Waals surface area contributed by atoms with E-state index in [0.29, 0.717) is 15.1 Å². The van der Waals surface area contributed by atoms with Crippen LogP contribution < -0.4 is 5.32 Å². The summed E-state index contributed by atoms with van der Waals surface area (Å²) >= 11 is 18.5. The van der Waals surface area contributed by atoms with Gasteiger partial charge < -0.3 is 5.32 Å². The van der Waals surface area contributed by atoms with E-state index in [2.05, 4.69) is 10.3 Å². The Balaban J connectivity index is 1.91. The second-order valence-corrected chi connectivity index (χ2v) is 7.64. The van der Waals surface area contributed by atoms with Gasteiger partial charge in [0.15, 0.2) is 0 Å². The minimum atomic E-state index is 0.685. The topological polar surface area (TPSA) is 24.4 Å². The number of hydrogen-bond donors (Lipinski definition) is 1. The Bertz CT molecular complexity index is 1040. The first-order valence-corrected chi connectivity index (χ1v) is 9.85. The highest BCUT2D eigenvalue weighted by Crippen LogP contribution is 2.25. The molecule has 0 aliphatic rings. The van der Waals surface area contributed by atoms with Crippen LogP contribution in [-0.4, -0.2) is 6.21 Å². The minimum Gasteiger partial charge on any atom is -0.355 e. The van der Waals surface area contributed by atoms with Gasteiger partial charge in [0.05, 0.1) is 5.69 Å². The average Bonchev–Trinajstić information content (AvgIpc) is 2.67. The second kappa shape index (κ2) is 9.29. The highest BCUT2D eigenvalue weighted by molar-refractivity contribution is 6.32. The Morgan fingerprint density at radius 3 is 2.11 bits per heavy atom. The van der Waals surface area contributed by atoms with Crippen molar-refractivity contribution < 1.29 is 0 Å². The summed E-state index contributed by atoms with van der Waals surface area (Å²) in [5.74, 6) is 0. The van der Waals surface area contributed by atoms with E-state index >= 15 is 0 Å². The molecule has 2 nitrogen and oxygen atoms in total. The number of aliphatic imine (C=N–C) groups is 1. The molecule has 3 rings (SSSR count). The Kier molecular flexibility index (Phi) is 6.79. The molecule has 1 N–H and O–H groups in total. The molecule has 28 heavy (non-hydrogen) atoms. The molecule has 0 aliphatic heterocycles. The van der Waals surface area contributed by atoms with Crippen LogP contribution in [0, 0.1) is 13.8 Å². The summed E-state index contributed by atoms with van der Waals surface area (Å²) < 4.78 is 0. The molecule has 0 atom stereocenters. The van der Waals surface area contributed by atoms with Crippen LogP contribution in [0.1, 0.15) is 16.7 Å². The van der Waals surface area contributed by atoms with Crippen molar-refractivity contribution in [1.82, 2.24) is 0 Å². The van der Waals surface area contributed by atoms with E-state index in [1.807, 2.05) is 80.6 Å². The lowest BCUT2D eigenvalue weighted by atomic mass is 10.1. The van der Waals surface area contributed by atoms with Gasteiger partial charge >= 0.3 is 0 Å². The summed E-state index contributed by atoms with van der Waals surface area (Å²) in [6, 6.07) is 19.2. The zero-order valence-electron chi connectivity index (χ0n) is 15.5. The highest BCUT2D eigenvalue weighted by atomic mass is 35.5. The lowest BCUT2D eigenvalue weighted by Gasteiger charge is -2.12. The van der Waals surface area contributed by atoms with Crippen molar-refractivity contribution >= 4 is 58.1 Å². The van der Waals surface area contributed by atoms with Crippen LogP contribution in [0.15, 0.2) is 71.7 Å². The molecule has 0 bridgehead atoms. The molecule has 0 spiro atoms. The van der Waals surface area contributed by atoms with Gasteiger partial charge in [-0.3, -0.25) is 4.99 Å². The molecule has 0 unspecified atom stereocenters. The molecule has 3 aromatic rings. The normalized spacial score (nSPS) is 11.8. The largest absolute Gasteiger partial charge is 0.355 e. The molecule has 0 amide bonds. The van der Waals surface area contributed by atoms with Crippen molar-refractivity contribution in [2.75, 3.05) is 5.32 Å². The maximum absolute atomic E-state index is 6.26. The number of benzene rings is 3. The number of aryl methyl sites for hydroxylation is 2. The third-order valence-corrected chi connectivity index (χ3v) is 5.29. The van der Waals surface area contributed by atoms with E-state index in [1.54, 1.807) is 6.21 Å². The molecular formula is C23H19Cl3N2. The van der Waals surface area contributed by atoms with Gasteiger partial charge in [-0.1, -0.05) is 59.1 Å². The molecule has 0 heterocycles. The number of nitrogens with one attached hydrogen (secondary N) is 1. The molecule has 5 heteroatoms. The van der Waals surface area contributed by atoms with Gasteiger partial charge in [-0.25, -0.2) is 0 Å². The number of anilines is 1. The Labute approximate surface area is 180 Å². The molecule has 0 aromatic heterocycles. The quantitative estimate of drug-likeness (QED) is 0.407. The standard InChI is InChI=1S/C23H19Cl3N2/c1-15-3-9-19(13-21(15)25)27-12-11-23(17-5-7-18(24)8-6-17)28-20-10-4-16(2)22(26)14-20/h3-14,28H,1-2H3. The fourth-order valence-electron chi connectivity index (χ4n) is 2.53. The highest BCUT2D eigenvalue weighted by Gasteiger charge is 2.04. The number of rotatable bonds is 5. The summed E-state index contributed by atoms with van der Waals surface area (Å²) in [6.45, 7) is 3.94. The zero-order chi connectivity index (χ0) is 20.1. The zero-order valence-corrected chi connectivity index (χ0v) is 17.8. The lowest BCUT2D eigenvalue weighted by Crippen LogP contribution is -1.99.